The number of halogens is 2. The second kappa shape index (κ2) is 13.2. The number of piperidine rings is 1. The molecule has 0 aliphatic carbocycles. The summed E-state index contributed by atoms with van der Waals surface area (Å²) in [5.41, 5.74) is 2.78. The molecule has 168 valence electrons. The molecule has 1 N–H and O–H groups in total. The molecule has 0 spiro atoms. The van der Waals surface area contributed by atoms with Crippen molar-refractivity contribution in [1.29, 1.82) is 0 Å². The van der Waals surface area contributed by atoms with Crippen LogP contribution in [0.15, 0.2) is 54.6 Å². The lowest BCUT2D eigenvalue weighted by Crippen LogP contribution is -2.50. The molecule has 1 saturated heterocycles. The summed E-state index contributed by atoms with van der Waals surface area (Å²) >= 11 is 0. The summed E-state index contributed by atoms with van der Waals surface area (Å²) in [6.07, 6.45) is 2.42. The van der Waals surface area contributed by atoms with Crippen molar-refractivity contribution in [3.05, 3.63) is 65.7 Å². The normalized spacial score (nSPS) is 23.9. The van der Waals surface area contributed by atoms with Gasteiger partial charge in [0.15, 0.2) is 0 Å². The lowest BCUT2D eigenvalue weighted by molar-refractivity contribution is 0.0320. The van der Waals surface area contributed by atoms with Crippen LogP contribution in [0.2, 0.25) is 0 Å². The van der Waals surface area contributed by atoms with Crippen molar-refractivity contribution in [3.63, 3.8) is 0 Å². The molecule has 4 atom stereocenters. The molecule has 30 heavy (non-hydrogen) atoms. The van der Waals surface area contributed by atoms with E-state index in [1.165, 1.54) is 30.5 Å². The first-order valence-electron chi connectivity index (χ1n) is 10.7. The number of benzene rings is 2. The van der Waals surface area contributed by atoms with Gasteiger partial charge in [0.1, 0.15) is 5.75 Å². The number of nitrogens with one attached hydrogen (secondary N) is 1. The minimum absolute atomic E-state index is 0. The third-order valence-corrected chi connectivity index (χ3v) is 6.63. The van der Waals surface area contributed by atoms with Gasteiger partial charge in [-0.05, 0) is 74.4 Å². The first-order chi connectivity index (χ1) is 13.6. The molecule has 2 aromatic carbocycles. The van der Waals surface area contributed by atoms with Crippen LogP contribution in [-0.4, -0.2) is 38.2 Å². The van der Waals surface area contributed by atoms with Crippen molar-refractivity contribution in [2.45, 2.75) is 39.3 Å². The maximum absolute atomic E-state index is 5.24. The molecule has 1 aliphatic rings. The Morgan fingerprint density at radius 3 is 2.23 bits per heavy atom. The number of rotatable bonds is 8. The van der Waals surface area contributed by atoms with Gasteiger partial charge in [0.25, 0.3) is 0 Å². The van der Waals surface area contributed by atoms with E-state index in [1.807, 2.05) is 12.1 Å². The Morgan fingerprint density at radius 2 is 1.60 bits per heavy atom. The van der Waals surface area contributed by atoms with Crippen molar-refractivity contribution < 1.29 is 4.74 Å². The van der Waals surface area contributed by atoms with Gasteiger partial charge < -0.3 is 15.0 Å². The highest BCUT2D eigenvalue weighted by atomic mass is 35.5. The highest BCUT2D eigenvalue weighted by molar-refractivity contribution is 5.85. The van der Waals surface area contributed by atoms with Crippen molar-refractivity contribution >= 4 is 24.8 Å². The Labute approximate surface area is 195 Å². The molecule has 1 fully saturated rings. The SMILES string of the molecule is COc1ccc(CNCCC2C(C)CN(C)C(C)C2Cc2ccccc2)cc1.Cl.Cl. The summed E-state index contributed by atoms with van der Waals surface area (Å²) in [7, 11) is 4.00. The molecule has 0 bridgehead atoms. The number of methoxy groups -OCH3 is 1. The van der Waals surface area contributed by atoms with E-state index in [4.69, 9.17) is 4.74 Å². The second-order valence-electron chi connectivity index (χ2n) is 8.49. The Kier molecular flexibility index (Phi) is 11.8. The smallest absolute Gasteiger partial charge is 0.118 e. The third kappa shape index (κ3) is 7.16. The van der Waals surface area contributed by atoms with Gasteiger partial charge in [0.2, 0.25) is 0 Å². The van der Waals surface area contributed by atoms with Gasteiger partial charge in [-0.25, -0.2) is 0 Å². The molecule has 3 nitrogen and oxygen atoms in total. The van der Waals surface area contributed by atoms with Gasteiger partial charge in [-0.2, -0.15) is 0 Å². The lowest BCUT2D eigenvalue weighted by Gasteiger charge is -2.46. The van der Waals surface area contributed by atoms with Gasteiger partial charge in [-0.3, -0.25) is 0 Å². The molecule has 5 heteroatoms. The van der Waals surface area contributed by atoms with E-state index < -0.39 is 0 Å². The van der Waals surface area contributed by atoms with E-state index in [9.17, 15) is 0 Å². The second-order valence-corrected chi connectivity index (χ2v) is 8.49. The molecule has 1 heterocycles. The van der Waals surface area contributed by atoms with Crippen LogP contribution in [0.4, 0.5) is 0 Å². The van der Waals surface area contributed by atoms with Gasteiger partial charge in [-0.1, -0.05) is 49.4 Å². The Balaban J connectivity index is 0.00000225. The van der Waals surface area contributed by atoms with Crippen LogP contribution in [0.25, 0.3) is 0 Å². The van der Waals surface area contributed by atoms with Crippen LogP contribution in [0, 0.1) is 17.8 Å². The number of likely N-dealkylation sites (tertiary alicyclic amines) is 1. The summed E-state index contributed by atoms with van der Waals surface area (Å²) in [6, 6.07) is 20.0. The average Bonchev–Trinajstić information content (AvgIpc) is 2.72. The molecular formula is C25H38Cl2N2O. The predicted octanol–water partition coefficient (Wildman–Crippen LogP) is 5.46. The molecule has 0 amide bonds. The third-order valence-electron chi connectivity index (χ3n) is 6.63. The summed E-state index contributed by atoms with van der Waals surface area (Å²) in [5.74, 6) is 3.12. The van der Waals surface area contributed by atoms with Crippen LogP contribution < -0.4 is 10.1 Å². The zero-order chi connectivity index (χ0) is 19.9. The average molecular weight is 453 g/mol. The van der Waals surface area contributed by atoms with Crippen LogP contribution >= 0.6 is 24.8 Å². The minimum Gasteiger partial charge on any atom is -0.497 e. The monoisotopic (exact) mass is 452 g/mol. The zero-order valence-corrected chi connectivity index (χ0v) is 20.3. The first-order valence-corrected chi connectivity index (χ1v) is 10.7. The number of hydrogen-bond acceptors (Lipinski definition) is 3. The van der Waals surface area contributed by atoms with Crippen LogP contribution in [-0.2, 0) is 13.0 Å². The fourth-order valence-corrected chi connectivity index (χ4v) is 4.81. The molecule has 0 saturated carbocycles. The van der Waals surface area contributed by atoms with Crippen molar-refractivity contribution in [3.8, 4) is 5.75 Å². The molecular weight excluding hydrogens is 415 g/mol. The minimum atomic E-state index is 0. The van der Waals surface area contributed by atoms with E-state index in [1.54, 1.807) is 7.11 Å². The molecule has 4 unspecified atom stereocenters. The highest BCUT2D eigenvalue weighted by Crippen LogP contribution is 2.36. The molecule has 1 aliphatic heterocycles. The van der Waals surface area contributed by atoms with E-state index in [-0.39, 0.29) is 24.8 Å². The fourth-order valence-electron chi connectivity index (χ4n) is 4.81. The number of ether oxygens (including phenoxy) is 1. The van der Waals surface area contributed by atoms with Crippen molar-refractivity contribution in [2.24, 2.45) is 17.8 Å². The zero-order valence-electron chi connectivity index (χ0n) is 18.7. The molecule has 3 rings (SSSR count). The van der Waals surface area contributed by atoms with Crippen LogP contribution in [0.5, 0.6) is 5.75 Å². The largest absolute Gasteiger partial charge is 0.497 e. The van der Waals surface area contributed by atoms with E-state index in [0.29, 0.717) is 12.0 Å². The molecule has 0 radical (unpaired) electrons. The fraction of sp³-hybridized carbons (Fsp3) is 0.520. The van der Waals surface area contributed by atoms with Crippen LogP contribution in [0.1, 0.15) is 31.4 Å². The van der Waals surface area contributed by atoms with Crippen molar-refractivity contribution in [2.75, 3.05) is 27.2 Å². The summed E-state index contributed by atoms with van der Waals surface area (Å²) in [4.78, 5) is 2.56. The molecule has 0 aromatic heterocycles. The van der Waals surface area contributed by atoms with Gasteiger partial charge >= 0.3 is 0 Å². The van der Waals surface area contributed by atoms with E-state index >= 15 is 0 Å². The van der Waals surface area contributed by atoms with Crippen LogP contribution in [0.3, 0.4) is 0 Å². The predicted molar refractivity (Wildman–Crippen MR) is 132 cm³/mol. The van der Waals surface area contributed by atoms with Gasteiger partial charge in [0.05, 0.1) is 7.11 Å². The van der Waals surface area contributed by atoms with E-state index in [0.717, 1.165) is 30.7 Å². The Hall–Kier alpha value is -1.26. The van der Waals surface area contributed by atoms with Crippen molar-refractivity contribution in [1.82, 2.24) is 10.2 Å². The van der Waals surface area contributed by atoms with E-state index in [2.05, 4.69) is 73.6 Å². The summed E-state index contributed by atoms with van der Waals surface area (Å²) in [6.45, 7) is 8.05. The molecule has 2 aromatic rings. The summed E-state index contributed by atoms with van der Waals surface area (Å²) < 4.78 is 5.24. The maximum Gasteiger partial charge on any atom is 0.118 e. The van der Waals surface area contributed by atoms with Gasteiger partial charge in [0, 0.05) is 19.1 Å². The Morgan fingerprint density at radius 1 is 0.933 bits per heavy atom. The number of nitrogens with zero attached hydrogens (tertiary/aromatic N) is 1. The topological polar surface area (TPSA) is 24.5 Å². The highest BCUT2D eigenvalue weighted by Gasteiger charge is 2.37. The summed E-state index contributed by atoms with van der Waals surface area (Å²) in [5, 5.41) is 3.66. The Bertz CT molecular complexity index is 711. The van der Waals surface area contributed by atoms with Gasteiger partial charge in [-0.15, -0.1) is 24.8 Å². The standard InChI is InChI=1S/C25H36N2O.2ClH/c1-19-18-27(3)20(2)25(16-21-8-6-5-7-9-21)24(19)14-15-26-17-22-10-12-23(28-4)13-11-22;;/h5-13,19-20,24-26H,14-18H2,1-4H3;2*1H. The lowest BCUT2D eigenvalue weighted by atomic mass is 9.70. The number of hydrogen-bond donors (Lipinski definition) is 1. The first kappa shape index (κ1) is 26.8. The quantitative estimate of drug-likeness (QED) is 0.537. The maximum atomic E-state index is 5.24.